The highest BCUT2D eigenvalue weighted by atomic mass is 19.1. The molecule has 0 saturated heterocycles. The van der Waals surface area contributed by atoms with Crippen molar-refractivity contribution in [2.75, 3.05) is 0 Å². The van der Waals surface area contributed by atoms with Gasteiger partial charge in [0.05, 0.1) is 5.69 Å². The van der Waals surface area contributed by atoms with E-state index in [1.165, 1.54) is 18.2 Å². The molecule has 2 N–H and O–H groups in total. The van der Waals surface area contributed by atoms with E-state index in [4.69, 9.17) is 0 Å². The summed E-state index contributed by atoms with van der Waals surface area (Å²) in [7, 11) is 1.87. The van der Waals surface area contributed by atoms with Crippen LogP contribution in [0.3, 0.4) is 0 Å². The summed E-state index contributed by atoms with van der Waals surface area (Å²) in [4.78, 5) is 0. The third-order valence-electron chi connectivity index (χ3n) is 2.79. The maximum absolute atomic E-state index is 13.0. The average Bonchev–Trinajstić information content (AvgIpc) is 2.62. The van der Waals surface area contributed by atoms with Crippen LogP contribution < -0.4 is 5.32 Å². The van der Waals surface area contributed by atoms with Gasteiger partial charge in [0, 0.05) is 37.5 Å². The van der Waals surface area contributed by atoms with Crippen molar-refractivity contribution in [2.24, 2.45) is 7.05 Å². The van der Waals surface area contributed by atoms with Crippen LogP contribution in [-0.4, -0.2) is 14.9 Å². The SMILES string of the molecule is Cc1nn(C)cc1CNCc1cc(F)ccc1O. The normalized spacial score (nSPS) is 10.8. The smallest absolute Gasteiger partial charge is 0.123 e. The van der Waals surface area contributed by atoms with Crippen LogP contribution in [0.25, 0.3) is 0 Å². The van der Waals surface area contributed by atoms with E-state index in [1.54, 1.807) is 4.68 Å². The number of hydrogen-bond acceptors (Lipinski definition) is 3. The lowest BCUT2D eigenvalue weighted by molar-refractivity contribution is 0.461. The minimum Gasteiger partial charge on any atom is -0.508 e. The van der Waals surface area contributed by atoms with E-state index < -0.39 is 0 Å². The molecule has 0 spiro atoms. The first-order valence-corrected chi connectivity index (χ1v) is 5.73. The number of phenolic OH excluding ortho intramolecular Hbond substituents is 1. The Bertz CT molecular complexity index is 551. The van der Waals surface area contributed by atoms with Gasteiger partial charge in [-0.3, -0.25) is 4.68 Å². The molecule has 0 aliphatic rings. The van der Waals surface area contributed by atoms with E-state index >= 15 is 0 Å². The van der Waals surface area contributed by atoms with E-state index in [2.05, 4.69) is 10.4 Å². The van der Waals surface area contributed by atoms with Gasteiger partial charge in [-0.15, -0.1) is 0 Å². The molecule has 2 rings (SSSR count). The molecular weight excluding hydrogens is 233 g/mol. The summed E-state index contributed by atoms with van der Waals surface area (Å²) >= 11 is 0. The largest absolute Gasteiger partial charge is 0.508 e. The maximum atomic E-state index is 13.0. The zero-order valence-electron chi connectivity index (χ0n) is 10.4. The first-order valence-electron chi connectivity index (χ1n) is 5.73. The molecular formula is C13H16FN3O. The van der Waals surface area contributed by atoms with Crippen molar-refractivity contribution in [1.29, 1.82) is 0 Å². The number of aromatic nitrogens is 2. The summed E-state index contributed by atoms with van der Waals surface area (Å²) in [6.45, 7) is 2.99. The molecule has 0 aliphatic heterocycles. The van der Waals surface area contributed by atoms with E-state index in [-0.39, 0.29) is 11.6 Å². The first-order chi connectivity index (χ1) is 8.56. The summed E-state index contributed by atoms with van der Waals surface area (Å²) in [5.74, 6) is -0.242. The molecule has 5 heteroatoms. The van der Waals surface area contributed by atoms with Gasteiger partial charge in [0.1, 0.15) is 11.6 Å². The van der Waals surface area contributed by atoms with Gasteiger partial charge in [0.2, 0.25) is 0 Å². The fourth-order valence-corrected chi connectivity index (χ4v) is 1.85. The standard InChI is InChI=1S/C13H16FN3O/c1-9-11(8-17(2)16-9)7-15-6-10-5-12(14)3-4-13(10)18/h3-5,8,15,18H,6-7H2,1-2H3. The average molecular weight is 249 g/mol. The van der Waals surface area contributed by atoms with Gasteiger partial charge in [-0.05, 0) is 25.1 Å². The lowest BCUT2D eigenvalue weighted by Gasteiger charge is -2.06. The molecule has 4 nitrogen and oxygen atoms in total. The lowest BCUT2D eigenvalue weighted by Crippen LogP contribution is -2.13. The molecule has 18 heavy (non-hydrogen) atoms. The van der Waals surface area contributed by atoms with Crippen LogP contribution >= 0.6 is 0 Å². The van der Waals surface area contributed by atoms with Gasteiger partial charge in [0.25, 0.3) is 0 Å². The number of benzene rings is 1. The van der Waals surface area contributed by atoms with Crippen molar-refractivity contribution in [2.45, 2.75) is 20.0 Å². The van der Waals surface area contributed by atoms with Crippen LogP contribution in [0.2, 0.25) is 0 Å². The Kier molecular flexibility index (Phi) is 3.62. The Hall–Kier alpha value is -1.88. The van der Waals surface area contributed by atoms with Gasteiger partial charge in [-0.2, -0.15) is 5.10 Å². The number of aromatic hydroxyl groups is 1. The highest BCUT2D eigenvalue weighted by Crippen LogP contribution is 2.17. The molecule has 2 aromatic rings. The van der Waals surface area contributed by atoms with Gasteiger partial charge in [-0.1, -0.05) is 0 Å². The second-order valence-electron chi connectivity index (χ2n) is 4.29. The van der Waals surface area contributed by atoms with E-state index in [1.807, 2.05) is 20.2 Å². The Balaban J connectivity index is 1.96. The Morgan fingerprint density at radius 1 is 1.33 bits per heavy atom. The quantitative estimate of drug-likeness (QED) is 0.869. The molecule has 0 fully saturated rings. The number of nitrogens with zero attached hydrogens (tertiary/aromatic N) is 2. The zero-order chi connectivity index (χ0) is 13.1. The van der Waals surface area contributed by atoms with E-state index in [9.17, 15) is 9.50 Å². The molecule has 0 unspecified atom stereocenters. The minimum absolute atomic E-state index is 0.104. The Morgan fingerprint density at radius 2 is 2.06 bits per heavy atom. The summed E-state index contributed by atoms with van der Waals surface area (Å²) in [6, 6.07) is 3.93. The second kappa shape index (κ2) is 5.18. The highest BCUT2D eigenvalue weighted by molar-refractivity contribution is 5.32. The monoisotopic (exact) mass is 249 g/mol. The molecule has 0 radical (unpaired) electrons. The summed E-state index contributed by atoms with van der Waals surface area (Å²) in [5.41, 5.74) is 2.61. The molecule has 1 heterocycles. The number of rotatable bonds is 4. The molecule has 96 valence electrons. The zero-order valence-corrected chi connectivity index (χ0v) is 10.4. The molecule has 0 aliphatic carbocycles. The number of hydrogen-bond donors (Lipinski definition) is 2. The fraction of sp³-hybridized carbons (Fsp3) is 0.308. The maximum Gasteiger partial charge on any atom is 0.123 e. The Labute approximate surface area is 105 Å². The Morgan fingerprint density at radius 3 is 2.72 bits per heavy atom. The third kappa shape index (κ3) is 2.87. The minimum atomic E-state index is -0.345. The number of halogens is 1. The topological polar surface area (TPSA) is 50.1 Å². The van der Waals surface area contributed by atoms with Crippen molar-refractivity contribution in [3.63, 3.8) is 0 Å². The molecule has 0 bridgehead atoms. The van der Waals surface area contributed by atoms with Crippen LogP contribution in [0, 0.1) is 12.7 Å². The molecule has 0 atom stereocenters. The molecule has 0 amide bonds. The van der Waals surface area contributed by atoms with Crippen molar-refractivity contribution in [3.8, 4) is 5.75 Å². The number of aryl methyl sites for hydroxylation is 2. The van der Waals surface area contributed by atoms with Crippen molar-refractivity contribution in [3.05, 3.63) is 47.0 Å². The summed E-state index contributed by atoms with van der Waals surface area (Å²) in [5, 5.41) is 17.0. The van der Waals surface area contributed by atoms with Crippen LogP contribution in [0.15, 0.2) is 24.4 Å². The van der Waals surface area contributed by atoms with Gasteiger partial charge in [-0.25, -0.2) is 4.39 Å². The second-order valence-corrected chi connectivity index (χ2v) is 4.29. The van der Waals surface area contributed by atoms with Gasteiger partial charge >= 0.3 is 0 Å². The highest BCUT2D eigenvalue weighted by Gasteiger charge is 2.05. The van der Waals surface area contributed by atoms with E-state index in [0.717, 1.165) is 11.3 Å². The van der Waals surface area contributed by atoms with Crippen LogP contribution in [-0.2, 0) is 20.1 Å². The van der Waals surface area contributed by atoms with E-state index in [0.29, 0.717) is 18.7 Å². The van der Waals surface area contributed by atoms with Crippen LogP contribution in [0.5, 0.6) is 5.75 Å². The number of nitrogens with one attached hydrogen (secondary N) is 1. The molecule has 1 aromatic carbocycles. The van der Waals surface area contributed by atoms with Crippen molar-refractivity contribution >= 4 is 0 Å². The summed E-state index contributed by atoms with van der Waals surface area (Å²) in [6.07, 6.45) is 1.94. The predicted octanol–water partition coefficient (Wildman–Crippen LogP) is 1.86. The molecule has 1 aromatic heterocycles. The van der Waals surface area contributed by atoms with Crippen molar-refractivity contribution < 1.29 is 9.50 Å². The predicted molar refractivity (Wildman–Crippen MR) is 66.6 cm³/mol. The third-order valence-corrected chi connectivity index (χ3v) is 2.79. The van der Waals surface area contributed by atoms with Crippen LogP contribution in [0.4, 0.5) is 4.39 Å². The lowest BCUT2D eigenvalue weighted by atomic mass is 10.2. The molecule has 0 saturated carbocycles. The first kappa shape index (κ1) is 12.6. The number of phenols is 1. The van der Waals surface area contributed by atoms with Gasteiger partial charge < -0.3 is 10.4 Å². The summed E-state index contributed by atoms with van der Waals surface area (Å²) < 4.78 is 14.8. The fourth-order valence-electron chi connectivity index (χ4n) is 1.85. The van der Waals surface area contributed by atoms with Crippen LogP contribution in [0.1, 0.15) is 16.8 Å². The van der Waals surface area contributed by atoms with Gasteiger partial charge in [0.15, 0.2) is 0 Å². The van der Waals surface area contributed by atoms with Crippen molar-refractivity contribution in [1.82, 2.24) is 15.1 Å².